The number of rotatable bonds is 10. The van der Waals surface area contributed by atoms with Gasteiger partial charge >= 0.3 is 11.9 Å². The summed E-state index contributed by atoms with van der Waals surface area (Å²) in [4.78, 5) is 26.7. The van der Waals surface area contributed by atoms with Gasteiger partial charge in [-0.3, -0.25) is 14.6 Å². The predicted octanol–water partition coefficient (Wildman–Crippen LogP) is 2.16. The Bertz CT molecular complexity index is 406. The largest absolute Gasteiger partial charge is 0.460 e. The van der Waals surface area contributed by atoms with Crippen molar-refractivity contribution in [1.29, 1.82) is 0 Å². The molecule has 0 saturated heterocycles. The van der Waals surface area contributed by atoms with Gasteiger partial charge in [0.1, 0.15) is 17.7 Å². The molecule has 0 saturated carbocycles. The summed E-state index contributed by atoms with van der Waals surface area (Å²) in [6.07, 6.45) is 1.74. The van der Waals surface area contributed by atoms with Crippen LogP contribution in [-0.2, 0) is 28.5 Å². The van der Waals surface area contributed by atoms with Crippen LogP contribution in [-0.4, -0.2) is 62.3 Å². The maximum atomic E-state index is 11.4. The van der Waals surface area contributed by atoms with Crippen LogP contribution in [0.2, 0.25) is 0 Å². The van der Waals surface area contributed by atoms with Gasteiger partial charge in [-0.15, -0.1) is 0 Å². The molecule has 7 nitrogen and oxygen atoms in total. The molecule has 0 radical (unpaired) electrons. The number of esters is 2. The van der Waals surface area contributed by atoms with E-state index in [0.29, 0.717) is 19.8 Å². The van der Waals surface area contributed by atoms with Crippen molar-refractivity contribution in [3.05, 3.63) is 0 Å². The molecule has 0 aliphatic heterocycles. The minimum atomic E-state index is -0.500. The van der Waals surface area contributed by atoms with Crippen molar-refractivity contribution in [2.75, 3.05) is 33.0 Å². The lowest BCUT2D eigenvalue weighted by molar-refractivity contribution is -0.156. The summed E-state index contributed by atoms with van der Waals surface area (Å²) in [6.45, 7) is 12.2. The highest BCUT2D eigenvalue weighted by Gasteiger charge is 2.16. The van der Waals surface area contributed by atoms with Gasteiger partial charge in [0.2, 0.25) is 0 Å². The van der Waals surface area contributed by atoms with E-state index in [4.69, 9.17) is 18.9 Å². The topological polar surface area (TPSA) is 83.4 Å². The van der Waals surface area contributed by atoms with Crippen LogP contribution >= 0.6 is 0 Å². The molecular weight excluding hydrogens is 314 g/mol. The van der Waals surface area contributed by atoms with Crippen LogP contribution in [0.5, 0.6) is 0 Å². The Morgan fingerprint density at radius 3 is 1.96 bits per heavy atom. The van der Waals surface area contributed by atoms with Crippen LogP contribution in [0.1, 0.15) is 48.0 Å². The van der Waals surface area contributed by atoms with E-state index < -0.39 is 11.2 Å². The van der Waals surface area contributed by atoms with Gasteiger partial charge in [-0.05, 0) is 41.5 Å². The second-order valence-corrected chi connectivity index (χ2v) is 7.13. The Balaban J connectivity index is 3.50. The van der Waals surface area contributed by atoms with Crippen LogP contribution in [0, 0.1) is 0 Å². The SMILES string of the molecule is CC(C)(C)OC(=O)CCOCCOCC=NCC(=O)OC(C)(C)C. The zero-order valence-corrected chi connectivity index (χ0v) is 15.7. The summed E-state index contributed by atoms with van der Waals surface area (Å²) in [5.41, 5.74) is -0.974. The average molecular weight is 345 g/mol. The van der Waals surface area contributed by atoms with Crippen LogP contribution in [0.25, 0.3) is 0 Å². The van der Waals surface area contributed by atoms with E-state index >= 15 is 0 Å². The molecule has 0 heterocycles. The molecule has 0 aromatic rings. The van der Waals surface area contributed by atoms with Gasteiger partial charge in [0, 0.05) is 6.21 Å². The average Bonchev–Trinajstić information content (AvgIpc) is 2.36. The summed E-state index contributed by atoms with van der Waals surface area (Å²) < 4.78 is 20.8. The van der Waals surface area contributed by atoms with Crippen molar-refractivity contribution in [3.8, 4) is 0 Å². The van der Waals surface area contributed by atoms with Gasteiger partial charge in [-0.1, -0.05) is 0 Å². The van der Waals surface area contributed by atoms with Gasteiger partial charge in [0.15, 0.2) is 0 Å². The maximum absolute atomic E-state index is 11.4. The molecule has 0 aromatic heterocycles. The first-order valence-electron chi connectivity index (χ1n) is 8.07. The van der Waals surface area contributed by atoms with E-state index in [0.717, 1.165) is 0 Å². The fraction of sp³-hybridized carbons (Fsp3) is 0.824. The van der Waals surface area contributed by atoms with Gasteiger partial charge in [0.05, 0.1) is 32.8 Å². The van der Waals surface area contributed by atoms with Crippen molar-refractivity contribution < 1.29 is 28.5 Å². The highest BCUT2D eigenvalue weighted by molar-refractivity contribution is 5.74. The Kier molecular flexibility index (Phi) is 10.5. The first kappa shape index (κ1) is 22.5. The highest BCUT2D eigenvalue weighted by Crippen LogP contribution is 2.08. The third-order valence-corrected chi connectivity index (χ3v) is 2.20. The van der Waals surface area contributed by atoms with Crippen molar-refractivity contribution in [2.24, 2.45) is 4.99 Å². The number of carbonyl (C=O) groups is 2. The van der Waals surface area contributed by atoms with E-state index in [1.165, 1.54) is 6.21 Å². The molecule has 140 valence electrons. The Labute approximate surface area is 144 Å². The third kappa shape index (κ3) is 16.9. The van der Waals surface area contributed by atoms with Crippen LogP contribution in [0.4, 0.5) is 0 Å². The van der Waals surface area contributed by atoms with E-state index in [2.05, 4.69) is 4.99 Å². The zero-order valence-electron chi connectivity index (χ0n) is 15.7. The monoisotopic (exact) mass is 345 g/mol. The molecule has 0 unspecified atom stereocenters. The van der Waals surface area contributed by atoms with Gasteiger partial charge in [-0.2, -0.15) is 0 Å². The molecule has 0 bridgehead atoms. The van der Waals surface area contributed by atoms with E-state index in [-0.39, 0.29) is 31.5 Å². The van der Waals surface area contributed by atoms with E-state index in [1.807, 2.05) is 20.8 Å². The van der Waals surface area contributed by atoms with Crippen LogP contribution in [0.15, 0.2) is 4.99 Å². The standard InChI is InChI=1S/C17H31NO6/c1-16(2,3)23-14(19)7-9-21-11-12-22-10-8-18-13-15(20)24-17(4,5)6/h8H,7,9-13H2,1-6H3. The fourth-order valence-electron chi connectivity index (χ4n) is 1.47. The van der Waals surface area contributed by atoms with Crippen molar-refractivity contribution in [3.63, 3.8) is 0 Å². The van der Waals surface area contributed by atoms with Crippen LogP contribution < -0.4 is 0 Å². The van der Waals surface area contributed by atoms with E-state index in [1.54, 1.807) is 20.8 Å². The Morgan fingerprint density at radius 2 is 1.38 bits per heavy atom. The third-order valence-electron chi connectivity index (χ3n) is 2.20. The van der Waals surface area contributed by atoms with Gasteiger partial charge < -0.3 is 18.9 Å². The van der Waals surface area contributed by atoms with Crippen molar-refractivity contribution in [2.45, 2.75) is 59.2 Å². The minimum Gasteiger partial charge on any atom is -0.460 e. The lowest BCUT2D eigenvalue weighted by Gasteiger charge is -2.19. The van der Waals surface area contributed by atoms with Crippen LogP contribution in [0.3, 0.4) is 0 Å². The number of nitrogens with zero attached hydrogens (tertiary/aromatic N) is 1. The molecule has 0 rings (SSSR count). The van der Waals surface area contributed by atoms with Crippen molar-refractivity contribution >= 4 is 18.2 Å². The molecule has 0 aliphatic carbocycles. The first-order valence-corrected chi connectivity index (χ1v) is 8.07. The quantitative estimate of drug-likeness (QED) is 0.343. The molecule has 0 amide bonds. The number of aliphatic imine (C=N–C) groups is 1. The Morgan fingerprint density at radius 1 is 0.833 bits per heavy atom. The maximum Gasteiger partial charge on any atom is 0.328 e. The number of hydrogen-bond acceptors (Lipinski definition) is 7. The number of hydrogen-bond donors (Lipinski definition) is 0. The minimum absolute atomic E-state index is 0.0208. The molecule has 0 spiro atoms. The normalized spacial score (nSPS) is 12.4. The highest BCUT2D eigenvalue weighted by atomic mass is 16.6. The second-order valence-electron chi connectivity index (χ2n) is 7.13. The van der Waals surface area contributed by atoms with E-state index in [9.17, 15) is 9.59 Å². The number of carbonyl (C=O) groups excluding carboxylic acids is 2. The molecule has 24 heavy (non-hydrogen) atoms. The molecule has 0 aromatic carbocycles. The molecule has 0 fully saturated rings. The van der Waals surface area contributed by atoms with Crippen molar-refractivity contribution in [1.82, 2.24) is 0 Å². The predicted molar refractivity (Wildman–Crippen MR) is 91.3 cm³/mol. The zero-order chi connectivity index (χ0) is 18.6. The summed E-state index contributed by atoms with van der Waals surface area (Å²) >= 11 is 0. The van der Waals surface area contributed by atoms with Gasteiger partial charge in [0.25, 0.3) is 0 Å². The summed E-state index contributed by atoms with van der Waals surface area (Å²) in [5, 5.41) is 0. The second kappa shape index (κ2) is 11.1. The fourth-order valence-corrected chi connectivity index (χ4v) is 1.47. The summed E-state index contributed by atoms with van der Waals surface area (Å²) in [7, 11) is 0. The lowest BCUT2D eigenvalue weighted by atomic mass is 10.2. The lowest BCUT2D eigenvalue weighted by Crippen LogP contribution is -2.25. The number of ether oxygens (including phenoxy) is 4. The molecule has 0 atom stereocenters. The molecule has 0 N–H and O–H groups in total. The smallest absolute Gasteiger partial charge is 0.328 e. The Hall–Kier alpha value is -1.47. The summed E-state index contributed by atoms with van der Waals surface area (Å²) in [6, 6.07) is 0. The summed E-state index contributed by atoms with van der Waals surface area (Å²) in [5.74, 6) is -0.651. The molecule has 0 aliphatic rings. The molecular formula is C17H31NO6. The molecule has 7 heteroatoms. The van der Waals surface area contributed by atoms with Gasteiger partial charge in [-0.25, -0.2) is 0 Å². The first-order chi connectivity index (χ1) is 11.0.